The van der Waals surface area contributed by atoms with Gasteiger partial charge in [0, 0.05) is 17.9 Å². The Morgan fingerprint density at radius 3 is 2.90 bits per heavy atom. The van der Waals surface area contributed by atoms with Gasteiger partial charge in [-0.1, -0.05) is 23.5 Å². The van der Waals surface area contributed by atoms with Crippen LogP contribution in [0.25, 0.3) is 15.3 Å². The lowest BCUT2D eigenvalue weighted by atomic mass is 9.86. The Morgan fingerprint density at radius 2 is 2.10 bits per heavy atom. The van der Waals surface area contributed by atoms with Crippen LogP contribution < -0.4 is 14.8 Å². The number of methoxy groups -OCH3 is 1. The maximum Gasteiger partial charge on any atom is 0.226 e. The number of fused-ring (bicyclic) bond motifs is 2. The van der Waals surface area contributed by atoms with Crippen LogP contribution in [0, 0.1) is 6.92 Å². The Hall–Kier alpha value is -3.39. The van der Waals surface area contributed by atoms with Crippen LogP contribution in [0.1, 0.15) is 36.1 Å². The standard InChI is InChI=1S/C23H22N4O3S/c1-4-30-16-7-5-6-14(10-16)17-12-20(28)25-22-21(17)13(2)26-27(22)23-24-18-9-8-15(29-3)11-19(18)31-23/h5-11,17H,4,12H2,1-3H3,(H,25,28). The second-order valence-corrected chi connectivity index (χ2v) is 8.41. The summed E-state index contributed by atoms with van der Waals surface area (Å²) in [5.74, 6) is 2.14. The molecule has 158 valence electrons. The molecular weight excluding hydrogens is 412 g/mol. The van der Waals surface area contributed by atoms with Crippen molar-refractivity contribution in [2.75, 3.05) is 19.0 Å². The highest BCUT2D eigenvalue weighted by molar-refractivity contribution is 7.20. The molecule has 1 amide bonds. The van der Waals surface area contributed by atoms with Gasteiger partial charge in [-0.25, -0.2) is 4.98 Å². The van der Waals surface area contributed by atoms with Gasteiger partial charge >= 0.3 is 0 Å². The van der Waals surface area contributed by atoms with E-state index in [0.717, 1.165) is 38.5 Å². The molecule has 0 bridgehead atoms. The van der Waals surface area contributed by atoms with Gasteiger partial charge < -0.3 is 14.8 Å². The minimum absolute atomic E-state index is 0.0387. The Kier molecular flexibility index (Phi) is 4.86. The number of benzene rings is 2. The third-order valence-corrected chi connectivity index (χ3v) is 6.43. The van der Waals surface area contributed by atoms with Crippen LogP contribution >= 0.6 is 11.3 Å². The van der Waals surface area contributed by atoms with Crippen molar-refractivity contribution in [3.63, 3.8) is 0 Å². The number of amides is 1. The molecule has 7 nitrogen and oxygen atoms in total. The zero-order chi connectivity index (χ0) is 21.5. The van der Waals surface area contributed by atoms with Gasteiger partial charge in [-0.15, -0.1) is 0 Å². The number of carbonyl (C=O) groups excluding carboxylic acids is 1. The number of carbonyl (C=O) groups is 1. The number of hydrogen-bond acceptors (Lipinski definition) is 6. The van der Waals surface area contributed by atoms with Gasteiger partial charge in [-0.05, 0) is 49.7 Å². The average molecular weight is 435 g/mol. The maximum atomic E-state index is 12.7. The number of anilines is 1. The van der Waals surface area contributed by atoms with Crippen molar-refractivity contribution in [1.82, 2.24) is 14.8 Å². The fraction of sp³-hybridized carbons (Fsp3) is 0.261. The van der Waals surface area contributed by atoms with Crippen LogP contribution in [-0.2, 0) is 4.79 Å². The van der Waals surface area contributed by atoms with Crippen LogP contribution in [0.15, 0.2) is 42.5 Å². The summed E-state index contributed by atoms with van der Waals surface area (Å²) < 4.78 is 13.7. The topological polar surface area (TPSA) is 78.3 Å². The number of nitrogens with one attached hydrogen (secondary N) is 1. The SMILES string of the molecule is CCOc1cccc(C2CC(=O)Nc3c2c(C)nn3-c2nc3ccc(OC)cc3s2)c1. The summed E-state index contributed by atoms with van der Waals surface area (Å²) in [6.45, 7) is 4.53. The number of hydrogen-bond donors (Lipinski definition) is 1. The number of aryl methyl sites for hydroxylation is 1. The molecule has 2 aromatic heterocycles. The molecule has 0 saturated heterocycles. The predicted octanol–water partition coefficient (Wildman–Crippen LogP) is 4.67. The first kappa shape index (κ1) is 19.6. The van der Waals surface area contributed by atoms with Crippen molar-refractivity contribution in [3.05, 3.63) is 59.3 Å². The van der Waals surface area contributed by atoms with Crippen molar-refractivity contribution in [2.45, 2.75) is 26.2 Å². The van der Waals surface area contributed by atoms with E-state index in [1.165, 1.54) is 11.3 Å². The molecule has 1 aliphatic heterocycles. The van der Waals surface area contributed by atoms with Gasteiger partial charge in [0.15, 0.2) is 0 Å². The molecular formula is C23H22N4O3S. The molecule has 5 rings (SSSR count). The smallest absolute Gasteiger partial charge is 0.226 e. The summed E-state index contributed by atoms with van der Waals surface area (Å²) in [5, 5.41) is 8.49. The lowest BCUT2D eigenvalue weighted by Gasteiger charge is -2.24. The van der Waals surface area contributed by atoms with Gasteiger partial charge in [-0.2, -0.15) is 9.78 Å². The molecule has 0 radical (unpaired) electrons. The zero-order valence-electron chi connectivity index (χ0n) is 17.5. The Balaban J connectivity index is 1.61. The summed E-state index contributed by atoms with van der Waals surface area (Å²) in [6, 6.07) is 13.7. The van der Waals surface area contributed by atoms with E-state index in [-0.39, 0.29) is 11.8 Å². The summed E-state index contributed by atoms with van der Waals surface area (Å²) >= 11 is 1.51. The molecule has 4 aromatic rings. The quantitative estimate of drug-likeness (QED) is 0.494. The second-order valence-electron chi connectivity index (χ2n) is 7.40. The highest BCUT2D eigenvalue weighted by Gasteiger charge is 2.33. The summed E-state index contributed by atoms with van der Waals surface area (Å²) in [4.78, 5) is 17.4. The Bertz CT molecular complexity index is 1290. The Labute approximate surface area is 183 Å². The van der Waals surface area contributed by atoms with Gasteiger partial charge in [0.2, 0.25) is 11.0 Å². The molecule has 3 heterocycles. The molecule has 0 saturated carbocycles. The molecule has 0 aliphatic carbocycles. The van der Waals surface area contributed by atoms with Gasteiger partial charge in [0.05, 0.1) is 29.6 Å². The van der Waals surface area contributed by atoms with E-state index < -0.39 is 0 Å². The van der Waals surface area contributed by atoms with Crippen LogP contribution in [0.3, 0.4) is 0 Å². The van der Waals surface area contributed by atoms with Crippen molar-refractivity contribution >= 4 is 33.3 Å². The van der Waals surface area contributed by atoms with E-state index in [2.05, 4.69) is 5.32 Å². The van der Waals surface area contributed by atoms with E-state index in [9.17, 15) is 4.79 Å². The predicted molar refractivity (Wildman–Crippen MR) is 121 cm³/mol. The van der Waals surface area contributed by atoms with Crippen LogP contribution in [0.5, 0.6) is 11.5 Å². The second kappa shape index (κ2) is 7.70. The third kappa shape index (κ3) is 3.42. The number of nitrogens with zero attached hydrogens (tertiary/aromatic N) is 3. The average Bonchev–Trinajstić information content (AvgIpc) is 3.33. The molecule has 1 aliphatic rings. The van der Waals surface area contributed by atoms with Crippen molar-refractivity contribution in [2.24, 2.45) is 0 Å². The monoisotopic (exact) mass is 434 g/mol. The van der Waals surface area contributed by atoms with E-state index >= 15 is 0 Å². The molecule has 8 heteroatoms. The minimum atomic E-state index is -0.0904. The number of thiazole rings is 1. The highest BCUT2D eigenvalue weighted by Crippen LogP contribution is 2.41. The lowest BCUT2D eigenvalue weighted by molar-refractivity contribution is -0.116. The van der Waals surface area contributed by atoms with E-state index in [0.29, 0.717) is 24.0 Å². The largest absolute Gasteiger partial charge is 0.497 e. The Morgan fingerprint density at radius 1 is 1.23 bits per heavy atom. The molecule has 0 fully saturated rings. The summed E-state index contributed by atoms with van der Waals surface area (Å²) in [5.41, 5.74) is 3.80. The summed E-state index contributed by atoms with van der Waals surface area (Å²) in [6.07, 6.45) is 0.367. The van der Waals surface area contributed by atoms with Crippen LogP contribution in [-0.4, -0.2) is 34.4 Å². The van der Waals surface area contributed by atoms with Gasteiger partial charge in [0.1, 0.15) is 17.3 Å². The normalized spacial score (nSPS) is 15.6. The number of aromatic nitrogens is 3. The van der Waals surface area contributed by atoms with E-state index in [1.54, 1.807) is 11.8 Å². The lowest BCUT2D eigenvalue weighted by Crippen LogP contribution is -2.25. The minimum Gasteiger partial charge on any atom is -0.497 e. The van der Waals surface area contributed by atoms with Crippen LogP contribution in [0.2, 0.25) is 0 Å². The fourth-order valence-corrected chi connectivity index (χ4v) is 5.02. The molecule has 1 atom stereocenters. The molecule has 1 N–H and O–H groups in total. The van der Waals surface area contributed by atoms with Gasteiger partial charge in [0.25, 0.3) is 0 Å². The number of rotatable bonds is 5. The van der Waals surface area contributed by atoms with E-state index in [4.69, 9.17) is 19.6 Å². The zero-order valence-corrected chi connectivity index (χ0v) is 18.3. The van der Waals surface area contributed by atoms with Crippen LogP contribution in [0.4, 0.5) is 5.82 Å². The molecule has 1 unspecified atom stereocenters. The fourth-order valence-electron chi connectivity index (χ4n) is 4.07. The first-order valence-corrected chi connectivity index (χ1v) is 11.0. The van der Waals surface area contributed by atoms with Crippen molar-refractivity contribution in [1.29, 1.82) is 0 Å². The van der Waals surface area contributed by atoms with Crippen molar-refractivity contribution < 1.29 is 14.3 Å². The first-order valence-electron chi connectivity index (χ1n) is 10.1. The highest BCUT2D eigenvalue weighted by atomic mass is 32.1. The van der Waals surface area contributed by atoms with Crippen molar-refractivity contribution in [3.8, 4) is 16.6 Å². The molecule has 2 aromatic carbocycles. The van der Waals surface area contributed by atoms with Gasteiger partial charge in [-0.3, -0.25) is 4.79 Å². The summed E-state index contributed by atoms with van der Waals surface area (Å²) in [7, 11) is 1.65. The molecule has 0 spiro atoms. The molecule has 31 heavy (non-hydrogen) atoms. The maximum absolute atomic E-state index is 12.7. The first-order chi connectivity index (χ1) is 15.1. The third-order valence-electron chi connectivity index (χ3n) is 5.44. The number of ether oxygens (including phenoxy) is 2. The van der Waals surface area contributed by atoms with E-state index in [1.807, 2.05) is 56.3 Å².